The molecule has 0 atom stereocenters. The highest BCUT2D eigenvalue weighted by molar-refractivity contribution is 5.87. The standard InChI is InChI=1S/C20H14N6O3/c27-18(12-29-16-5-1-3-13-4-2-8-21-19(13)16)24-25-10-7-15-14(20(25)28)11-22-17-6-9-23-26(15)17/h1-11H,12H2,(H,24,27). The molecule has 0 bridgehead atoms. The molecule has 142 valence electrons. The lowest BCUT2D eigenvalue weighted by atomic mass is 10.2. The maximum atomic E-state index is 12.7. The molecule has 0 aliphatic rings. The lowest BCUT2D eigenvalue weighted by Gasteiger charge is -2.11. The Kier molecular flexibility index (Phi) is 3.91. The Morgan fingerprint density at radius 2 is 1.97 bits per heavy atom. The fourth-order valence-electron chi connectivity index (χ4n) is 3.15. The maximum Gasteiger partial charge on any atom is 0.280 e. The molecule has 5 rings (SSSR count). The van der Waals surface area contributed by atoms with Crippen molar-refractivity contribution in [2.45, 2.75) is 0 Å². The van der Waals surface area contributed by atoms with Gasteiger partial charge in [0.2, 0.25) is 0 Å². The third kappa shape index (κ3) is 2.94. The number of amides is 1. The van der Waals surface area contributed by atoms with E-state index in [1.54, 1.807) is 35.1 Å². The van der Waals surface area contributed by atoms with E-state index in [-0.39, 0.29) is 6.61 Å². The van der Waals surface area contributed by atoms with E-state index in [1.165, 1.54) is 12.4 Å². The van der Waals surface area contributed by atoms with Crippen molar-refractivity contribution in [2.24, 2.45) is 0 Å². The van der Waals surface area contributed by atoms with E-state index < -0.39 is 11.5 Å². The Labute approximate surface area is 163 Å². The molecule has 0 unspecified atom stereocenters. The van der Waals surface area contributed by atoms with E-state index in [0.29, 0.717) is 27.8 Å². The molecule has 1 aromatic carbocycles. The Balaban J connectivity index is 1.38. The molecular formula is C20H14N6O3. The molecule has 0 radical (unpaired) electrons. The van der Waals surface area contributed by atoms with Gasteiger partial charge < -0.3 is 4.74 Å². The summed E-state index contributed by atoms with van der Waals surface area (Å²) in [6, 6.07) is 12.7. The quantitative estimate of drug-likeness (QED) is 0.505. The minimum Gasteiger partial charge on any atom is -0.481 e. The first kappa shape index (κ1) is 16.9. The molecular weight excluding hydrogens is 372 g/mol. The van der Waals surface area contributed by atoms with Crippen LogP contribution >= 0.6 is 0 Å². The third-order valence-electron chi connectivity index (χ3n) is 4.48. The number of para-hydroxylation sites is 1. The van der Waals surface area contributed by atoms with Crippen LogP contribution in [0.4, 0.5) is 0 Å². The normalized spacial score (nSPS) is 11.2. The second-order valence-corrected chi connectivity index (χ2v) is 6.30. The number of nitrogens with one attached hydrogen (secondary N) is 1. The Bertz CT molecular complexity index is 1430. The second kappa shape index (κ2) is 6.71. The average Bonchev–Trinajstić information content (AvgIpc) is 3.23. The molecule has 0 aliphatic heterocycles. The first-order valence-corrected chi connectivity index (χ1v) is 8.81. The van der Waals surface area contributed by atoms with Crippen molar-refractivity contribution in [2.75, 3.05) is 12.0 Å². The maximum absolute atomic E-state index is 12.7. The van der Waals surface area contributed by atoms with E-state index in [1.807, 2.05) is 24.3 Å². The van der Waals surface area contributed by atoms with Gasteiger partial charge in [0.05, 0.1) is 17.1 Å². The summed E-state index contributed by atoms with van der Waals surface area (Å²) >= 11 is 0. The van der Waals surface area contributed by atoms with Gasteiger partial charge in [0.1, 0.15) is 11.3 Å². The molecule has 29 heavy (non-hydrogen) atoms. The van der Waals surface area contributed by atoms with Crippen molar-refractivity contribution in [3.8, 4) is 5.75 Å². The monoisotopic (exact) mass is 386 g/mol. The van der Waals surface area contributed by atoms with Crippen molar-refractivity contribution >= 4 is 33.4 Å². The number of pyridine rings is 2. The van der Waals surface area contributed by atoms with Gasteiger partial charge in [0.15, 0.2) is 12.3 Å². The minimum absolute atomic E-state index is 0.267. The summed E-state index contributed by atoms with van der Waals surface area (Å²) in [5.74, 6) is 0.0156. The molecule has 0 fully saturated rings. The number of ether oxygens (including phenoxy) is 1. The van der Waals surface area contributed by atoms with E-state index in [2.05, 4.69) is 20.5 Å². The van der Waals surface area contributed by atoms with E-state index in [9.17, 15) is 9.59 Å². The summed E-state index contributed by atoms with van der Waals surface area (Å²) in [6.45, 7) is -0.267. The first-order chi connectivity index (χ1) is 14.2. The topological polar surface area (TPSA) is 103 Å². The number of rotatable bonds is 4. The molecule has 0 spiro atoms. The van der Waals surface area contributed by atoms with Crippen LogP contribution in [-0.2, 0) is 4.79 Å². The lowest BCUT2D eigenvalue weighted by molar-refractivity contribution is -0.119. The van der Waals surface area contributed by atoms with Gasteiger partial charge in [0, 0.05) is 30.0 Å². The van der Waals surface area contributed by atoms with E-state index >= 15 is 0 Å². The largest absolute Gasteiger partial charge is 0.481 e. The number of nitrogens with zero attached hydrogens (tertiary/aromatic N) is 5. The predicted octanol–water partition coefficient (Wildman–Crippen LogP) is 1.74. The number of carbonyl (C=O) groups excluding carboxylic acids is 1. The van der Waals surface area contributed by atoms with Gasteiger partial charge >= 0.3 is 0 Å². The van der Waals surface area contributed by atoms with Crippen molar-refractivity contribution in [1.29, 1.82) is 0 Å². The van der Waals surface area contributed by atoms with Crippen LogP contribution in [0.1, 0.15) is 0 Å². The van der Waals surface area contributed by atoms with Crippen molar-refractivity contribution in [3.05, 3.63) is 77.6 Å². The van der Waals surface area contributed by atoms with Crippen molar-refractivity contribution in [1.82, 2.24) is 24.3 Å². The van der Waals surface area contributed by atoms with Crippen LogP contribution < -0.4 is 15.7 Å². The van der Waals surface area contributed by atoms with Crippen LogP contribution in [0.15, 0.2) is 72.0 Å². The smallest absolute Gasteiger partial charge is 0.280 e. The van der Waals surface area contributed by atoms with Gasteiger partial charge in [0.25, 0.3) is 11.5 Å². The highest BCUT2D eigenvalue weighted by Gasteiger charge is 2.11. The molecule has 1 N–H and O–H groups in total. The first-order valence-electron chi connectivity index (χ1n) is 8.81. The Morgan fingerprint density at radius 3 is 2.90 bits per heavy atom. The van der Waals surface area contributed by atoms with Crippen molar-refractivity contribution < 1.29 is 9.53 Å². The van der Waals surface area contributed by atoms with Crippen molar-refractivity contribution in [3.63, 3.8) is 0 Å². The van der Waals surface area contributed by atoms with Crippen LogP contribution in [-0.4, -0.2) is 36.8 Å². The van der Waals surface area contributed by atoms with Crippen LogP contribution in [0.5, 0.6) is 5.75 Å². The molecule has 4 heterocycles. The zero-order valence-corrected chi connectivity index (χ0v) is 15.0. The summed E-state index contributed by atoms with van der Waals surface area (Å²) < 4.78 is 8.28. The molecule has 1 amide bonds. The van der Waals surface area contributed by atoms with Crippen LogP contribution in [0.3, 0.4) is 0 Å². The molecule has 0 aliphatic carbocycles. The highest BCUT2D eigenvalue weighted by Crippen LogP contribution is 2.22. The van der Waals surface area contributed by atoms with Crippen LogP contribution in [0.25, 0.3) is 27.5 Å². The molecule has 4 aromatic heterocycles. The second-order valence-electron chi connectivity index (χ2n) is 6.30. The number of carbonyl (C=O) groups is 1. The van der Waals surface area contributed by atoms with Crippen LogP contribution in [0, 0.1) is 0 Å². The Hall–Kier alpha value is -4.27. The summed E-state index contributed by atoms with van der Waals surface area (Å²) in [4.78, 5) is 33.5. The van der Waals surface area contributed by atoms with Gasteiger partial charge in [-0.3, -0.25) is 20.0 Å². The predicted molar refractivity (Wildman–Crippen MR) is 106 cm³/mol. The van der Waals surface area contributed by atoms with E-state index in [0.717, 1.165) is 10.1 Å². The zero-order valence-electron chi connectivity index (χ0n) is 15.0. The highest BCUT2D eigenvalue weighted by atomic mass is 16.5. The molecule has 9 heteroatoms. The number of fused-ring (bicyclic) bond motifs is 4. The van der Waals surface area contributed by atoms with Gasteiger partial charge in [-0.2, -0.15) is 5.10 Å². The van der Waals surface area contributed by atoms with Crippen LogP contribution in [0.2, 0.25) is 0 Å². The number of hydrogen-bond acceptors (Lipinski definition) is 6. The summed E-state index contributed by atoms with van der Waals surface area (Å²) in [5, 5.41) is 5.41. The average molecular weight is 386 g/mol. The van der Waals surface area contributed by atoms with E-state index in [4.69, 9.17) is 4.74 Å². The SMILES string of the molecule is O=C(COc1cccc2cccnc12)Nn1ccc2c(cnc3ccnn32)c1=O. The lowest BCUT2D eigenvalue weighted by Crippen LogP contribution is -2.35. The van der Waals surface area contributed by atoms with Gasteiger partial charge in [-0.15, -0.1) is 0 Å². The fourth-order valence-corrected chi connectivity index (χ4v) is 3.15. The van der Waals surface area contributed by atoms with Gasteiger partial charge in [-0.05, 0) is 18.2 Å². The molecule has 9 nitrogen and oxygen atoms in total. The zero-order chi connectivity index (χ0) is 19.8. The number of benzene rings is 1. The number of aromatic nitrogens is 5. The minimum atomic E-state index is -0.479. The Morgan fingerprint density at radius 1 is 1.07 bits per heavy atom. The molecule has 5 aromatic rings. The summed E-state index contributed by atoms with van der Waals surface area (Å²) in [7, 11) is 0. The summed E-state index contributed by atoms with van der Waals surface area (Å²) in [5.41, 5.74) is 4.02. The molecule has 0 saturated carbocycles. The summed E-state index contributed by atoms with van der Waals surface area (Å²) in [6.07, 6.45) is 6.21. The van der Waals surface area contributed by atoms with Gasteiger partial charge in [-0.1, -0.05) is 18.2 Å². The van der Waals surface area contributed by atoms with Gasteiger partial charge in [-0.25, -0.2) is 14.2 Å². The third-order valence-corrected chi connectivity index (χ3v) is 4.48. The molecule has 0 saturated heterocycles. The number of hydrogen-bond donors (Lipinski definition) is 1. The fraction of sp³-hybridized carbons (Fsp3) is 0.0500.